The van der Waals surface area contributed by atoms with Crippen LogP contribution in [-0.2, 0) is 0 Å². The van der Waals surface area contributed by atoms with E-state index in [0.717, 1.165) is 24.4 Å². The summed E-state index contributed by atoms with van der Waals surface area (Å²) >= 11 is 5.80. The first-order valence-electron chi connectivity index (χ1n) is 5.55. The largest absolute Gasteiger partial charge is 0.448 e. The molecule has 0 saturated heterocycles. The van der Waals surface area contributed by atoms with E-state index < -0.39 is 0 Å². The van der Waals surface area contributed by atoms with Crippen molar-refractivity contribution in [1.82, 2.24) is 15.3 Å². The van der Waals surface area contributed by atoms with Crippen molar-refractivity contribution in [3.05, 3.63) is 47.4 Å². The van der Waals surface area contributed by atoms with Crippen molar-refractivity contribution < 1.29 is 4.42 Å². The molecule has 0 bridgehead atoms. The van der Waals surface area contributed by atoms with Crippen LogP contribution >= 0.6 is 11.6 Å². The highest BCUT2D eigenvalue weighted by Crippen LogP contribution is 2.24. The van der Waals surface area contributed by atoms with Crippen molar-refractivity contribution in [1.29, 1.82) is 0 Å². The highest BCUT2D eigenvalue weighted by molar-refractivity contribution is 6.28. The first kappa shape index (κ1) is 12.1. The molecule has 1 atom stereocenters. The number of aromatic nitrogens is 2. The fraction of sp³-hybridized carbons (Fsp3) is 0.333. The molecule has 0 amide bonds. The molecule has 0 aliphatic carbocycles. The minimum Gasteiger partial charge on any atom is -0.448 e. The van der Waals surface area contributed by atoms with E-state index in [1.807, 2.05) is 6.07 Å². The topological polar surface area (TPSA) is 51.0 Å². The Hall–Kier alpha value is -1.39. The molecule has 2 aromatic heterocycles. The van der Waals surface area contributed by atoms with Gasteiger partial charge in [-0.1, -0.05) is 6.92 Å². The van der Waals surface area contributed by atoms with E-state index in [1.54, 1.807) is 24.7 Å². The van der Waals surface area contributed by atoms with E-state index in [0.29, 0.717) is 5.22 Å². The zero-order valence-corrected chi connectivity index (χ0v) is 10.3. The number of halogens is 1. The highest BCUT2D eigenvalue weighted by atomic mass is 35.5. The van der Waals surface area contributed by atoms with Crippen LogP contribution in [-0.4, -0.2) is 16.5 Å². The van der Waals surface area contributed by atoms with Gasteiger partial charge in [-0.2, -0.15) is 0 Å². The van der Waals surface area contributed by atoms with E-state index in [2.05, 4.69) is 22.2 Å². The van der Waals surface area contributed by atoms with Crippen LogP contribution in [0.5, 0.6) is 0 Å². The van der Waals surface area contributed by atoms with Gasteiger partial charge in [-0.15, -0.1) is 0 Å². The minimum atomic E-state index is -0.101. The van der Waals surface area contributed by atoms with Crippen LogP contribution in [0.3, 0.4) is 0 Å². The SMILES string of the molecule is CCCNC(c1cnccn1)c1ccc(Cl)o1. The van der Waals surface area contributed by atoms with Crippen LogP contribution < -0.4 is 5.32 Å². The quantitative estimate of drug-likeness (QED) is 0.888. The lowest BCUT2D eigenvalue weighted by atomic mass is 10.1. The Morgan fingerprint density at radius 3 is 2.88 bits per heavy atom. The zero-order valence-electron chi connectivity index (χ0n) is 9.56. The molecule has 0 aliphatic rings. The summed E-state index contributed by atoms with van der Waals surface area (Å²) in [6.45, 7) is 2.98. The predicted octanol–water partition coefficient (Wildman–Crippen LogP) is 2.81. The van der Waals surface area contributed by atoms with E-state index in [-0.39, 0.29) is 6.04 Å². The summed E-state index contributed by atoms with van der Waals surface area (Å²) in [6, 6.07) is 3.48. The molecule has 0 spiro atoms. The Morgan fingerprint density at radius 2 is 2.29 bits per heavy atom. The lowest BCUT2D eigenvalue weighted by Crippen LogP contribution is -2.23. The summed E-state index contributed by atoms with van der Waals surface area (Å²) < 4.78 is 5.43. The average Bonchev–Trinajstić information content (AvgIpc) is 2.78. The molecule has 17 heavy (non-hydrogen) atoms. The predicted molar refractivity (Wildman–Crippen MR) is 65.9 cm³/mol. The monoisotopic (exact) mass is 251 g/mol. The smallest absolute Gasteiger partial charge is 0.193 e. The number of hydrogen-bond donors (Lipinski definition) is 1. The molecule has 0 fully saturated rings. The molecule has 2 heterocycles. The lowest BCUT2D eigenvalue weighted by molar-refractivity contribution is 0.442. The van der Waals surface area contributed by atoms with Crippen molar-refractivity contribution in [2.45, 2.75) is 19.4 Å². The number of nitrogens with zero attached hydrogens (tertiary/aromatic N) is 2. The molecule has 0 saturated carbocycles. The second kappa shape index (κ2) is 5.80. The van der Waals surface area contributed by atoms with Gasteiger partial charge in [0.05, 0.1) is 11.9 Å². The molecule has 90 valence electrons. The third kappa shape index (κ3) is 3.05. The Labute approximate surface area is 105 Å². The van der Waals surface area contributed by atoms with Gasteiger partial charge in [0.15, 0.2) is 5.22 Å². The van der Waals surface area contributed by atoms with Crippen molar-refractivity contribution in [3.63, 3.8) is 0 Å². The molecule has 0 aromatic carbocycles. The molecule has 1 N–H and O–H groups in total. The van der Waals surface area contributed by atoms with Crippen LogP contribution in [0.2, 0.25) is 5.22 Å². The van der Waals surface area contributed by atoms with Crippen LogP contribution in [0.4, 0.5) is 0 Å². The Balaban J connectivity index is 2.25. The second-order valence-corrected chi connectivity index (χ2v) is 4.03. The zero-order chi connectivity index (χ0) is 12.1. The minimum absolute atomic E-state index is 0.101. The Morgan fingerprint density at radius 1 is 1.41 bits per heavy atom. The van der Waals surface area contributed by atoms with Crippen LogP contribution in [0.15, 0.2) is 35.1 Å². The number of rotatable bonds is 5. The van der Waals surface area contributed by atoms with Gasteiger partial charge in [0.25, 0.3) is 0 Å². The van der Waals surface area contributed by atoms with Gasteiger partial charge >= 0.3 is 0 Å². The van der Waals surface area contributed by atoms with Gasteiger partial charge in [0.1, 0.15) is 11.8 Å². The van der Waals surface area contributed by atoms with Crippen LogP contribution in [0.1, 0.15) is 30.8 Å². The van der Waals surface area contributed by atoms with Gasteiger partial charge in [0.2, 0.25) is 0 Å². The fourth-order valence-electron chi connectivity index (χ4n) is 1.58. The Bertz CT molecular complexity index is 458. The summed E-state index contributed by atoms with van der Waals surface area (Å²) in [5.41, 5.74) is 0.826. The van der Waals surface area contributed by atoms with Gasteiger partial charge in [0, 0.05) is 12.4 Å². The molecule has 5 heteroatoms. The highest BCUT2D eigenvalue weighted by Gasteiger charge is 2.18. The van der Waals surface area contributed by atoms with Crippen LogP contribution in [0.25, 0.3) is 0 Å². The third-order valence-corrected chi connectivity index (χ3v) is 2.56. The normalized spacial score (nSPS) is 12.6. The van der Waals surface area contributed by atoms with Crippen molar-refractivity contribution >= 4 is 11.6 Å². The molecular formula is C12H14ClN3O. The average molecular weight is 252 g/mol. The first-order valence-corrected chi connectivity index (χ1v) is 5.93. The van der Waals surface area contributed by atoms with E-state index in [4.69, 9.17) is 16.0 Å². The maximum atomic E-state index is 5.80. The van der Waals surface area contributed by atoms with Gasteiger partial charge in [-0.3, -0.25) is 9.97 Å². The summed E-state index contributed by atoms with van der Waals surface area (Å²) in [5, 5.41) is 3.74. The summed E-state index contributed by atoms with van der Waals surface area (Å²) in [5.74, 6) is 0.754. The molecular weight excluding hydrogens is 238 g/mol. The van der Waals surface area contributed by atoms with Gasteiger partial charge < -0.3 is 9.73 Å². The number of hydrogen-bond acceptors (Lipinski definition) is 4. The summed E-state index contributed by atoms with van der Waals surface area (Å²) in [6.07, 6.45) is 6.07. The Kier molecular flexibility index (Phi) is 4.12. The number of nitrogens with one attached hydrogen (secondary N) is 1. The third-order valence-electron chi connectivity index (χ3n) is 2.36. The lowest BCUT2D eigenvalue weighted by Gasteiger charge is -2.14. The van der Waals surface area contributed by atoms with E-state index in [1.165, 1.54) is 0 Å². The molecule has 1 unspecified atom stereocenters. The van der Waals surface area contributed by atoms with E-state index in [9.17, 15) is 0 Å². The molecule has 4 nitrogen and oxygen atoms in total. The van der Waals surface area contributed by atoms with E-state index >= 15 is 0 Å². The second-order valence-electron chi connectivity index (χ2n) is 3.66. The van der Waals surface area contributed by atoms with Crippen molar-refractivity contribution in [2.75, 3.05) is 6.54 Å². The standard InChI is InChI=1S/C12H14ClN3O/c1-2-5-16-12(9-8-14-6-7-15-9)10-3-4-11(13)17-10/h3-4,6-8,12,16H,2,5H2,1H3. The van der Waals surface area contributed by atoms with Crippen molar-refractivity contribution in [2.24, 2.45) is 0 Å². The van der Waals surface area contributed by atoms with Crippen LogP contribution in [0, 0.1) is 0 Å². The van der Waals surface area contributed by atoms with Gasteiger partial charge in [-0.05, 0) is 36.7 Å². The summed E-state index contributed by atoms with van der Waals surface area (Å²) in [7, 11) is 0. The maximum absolute atomic E-state index is 5.80. The summed E-state index contributed by atoms with van der Waals surface area (Å²) in [4.78, 5) is 8.36. The van der Waals surface area contributed by atoms with Gasteiger partial charge in [-0.25, -0.2) is 0 Å². The molecule has 0 radical (unpaired) electrons. The molecule has 0 aliphatic heterocycles. The maximum Gasteiger partial charge on any atom is 0.193 e. The first-order chi connectivity index (χ1) is 8.31. The fourth-order valence-corrected chi connectivity index (χ4v) is 1.73. The van der Waals surface area contributed by atoms with Crippen molar-refractivity contribution in [3.8, 4) is 0 Å². The number of furan rings is 1. The molecule has 2 rings (SSSR count). The molecule has 2 aromatic rings.